The zero-order valence-electron chi connectivity index (χ0n) is 20.0. The van der Waals surface area contributed by atoms with Crippen molar-refractivity contribution in [1.82, 2.24) is 14.4 Å². The van der Waals surface area contributed by atoms with E-state index >= 15 is 0 Å². The number of anilines is 1. The Balaban J connectivity index is 1.39. The van der Waals surface area contributed by atoms with Crippen molar-refractivity contribution in [2.45, 2.75) is 31.5 Å². The number of hydrogen-bond acceptors (Lipinski definition) is 4. The van der Waals surface area contributed by atoms with Gasteiger partial charge in [0.25, 0.3) is 0 Å². The zero-order chi connectivity index (χ0) is 24.4. The third-order valence-corrected chi connectivity index (χ3v) is 6.67. The van der Waals surface area contributed by atoms with Crippen molar-refractivity contribution in [3.05, 3.63) is 78.1 Å². The summed E-state index contributed by atoms with van der Waals surface area (Å²) in [4.78, 5) is 30.5. The van der Waals surface area contributed by atoms with Gasteiger partial charge in [0.2, 0.25) is 5.91 Å². The summed E-state index contributed by atoms with van der Waals surface area (Å²) < 4.78 is 13.0. The number of carbonyl (C=O) groups is 2. The molecule has 3 aromatic rings. The molecule has 1 aromatic heterocycles. The number of nitrogens with one attached hydrogen (secondary N) is 1. The highest BCUT2D eigenvalue weighted by molar-refractivity contribution is 5.94. The molecule has 1 fully saturated rings. The lowest BCUT2D eigenvalue weighted by Gasteiger charge is -2.38. The molecule has 0 radical (unpaired) electrons. The summed E-state index contributed by atoms with van der Waals surface area (Å²) in [5.74, 6) is 1.25. The maximum atomic E-state index is 13.7. The first-order valence-corrected chi connectivity index (χ1v) is 11.9. The van der Waals surface area contributed by atoms with Crippen molar-refractivity contribution in [1.29, 1.82) is 0 Å². The number of urea groups is 1. The van der Waals surface area contributed by atoms with Gasteiger partial charge < -0.3 is 29.2 Å². The second-order valence-corrected chi connectivity index (χ2v) is 8.88. The van der Waals surface area contributed by atoms with E-state index in [4.69, 9.17) is 9.47 Å². The van der Waals surface area contributed by atoms with Crippen molar-refractivity contribution in [3.8, 4) is 11.5 Å². The normalized spacial score (nSPS) is 16.9. The standard InChI is InChI=1S/C27H30N4O4/c1-34-21-8-5-7-19(17-21)26-23-10-6-14-29(23)15-16-30(26)25(32)18-31(20-12-13-20)27(33)28-22-9-3-4-11-24(22)35-2/h3-11,14,17,20,26H,12-13,15-16,18H2,1-2H3,(H,28,33). The van der Waals surface area contributed by atoms with Gasteiger partial charge in [0.05, 0.1) is 25.9 Å². The molecule has 35 heavy (non-hydrogen) atoms. The first-order valence-electron chi connectivity index (χ1n) is 11.9. The molecule has 8 nitrogen and oxygen atoms in total. The van der Waals surface area contributed by atoms with E-state index in [0.29, 0.717) is 24.5 Å². The second-order valence-electron chi connectivity index (χ2n) is 8.88. The Hall–Kier alpha value is -3.94. The van der Waals surface area contributed by atoms with Gasteiger partial charge in [0.15, 0.2) is 0 Å². The molecule has 1 unspecified atom stereocenters. The van der Waals surface area contributed by atoms with E-state index in [-0.39, 0.29) is 30.6 Å². The molecule has 1 aliphatic heterocycles. The van der Waals surface area contributed by atoms with E-state index in [1.807, 2.05) is 53.6 Å². The third kappa shape index (κ3) is 4.69. The number of carbonyl (C=O) groups excluding carboxylic acids is 2. The molecule has 2 heterocycles. The van der Waals surface area contributed by atoms with Crippen LogP contribution >= 0.6 is 0 Å². The van der Waals surface area contributed by atoms with Crippen LogP contribution in [0.3, 0.4) is 0 Å². The quantitative estimate of drug-likeness (QED) is 0.559. The van der Waals surface area contributed by atoms with Crippen LogP contribution in [0.5, 0.6) is 11.5 Å². The number of benzene rings is 2. The van der Waals surface area contributed by atoms with Crippen molar-refractivity contribution < 1.29 is 19.1 Å². The molecule has 1 aliphatic carbocycles. The number of fused-ring (bicyclic) bond motifs is 1. The molecule has 2 aliphatic rings. The number of nitrogens with zero attached hydrogens (tertiary/aromatic N) is 3. The maximum absolute atomic E-state index is 13.7. The highest BCUT2D eigenvalue weighted by Gasteiger charge is 2.38. The van der Waals surface area contributed by atoms with Gasteiger partial charge in [0.1, 0.15) is 18.0 Å². The maximum Gasteiger partial charge on any atom is 0.322 e. The minimum Gasteiger partial charge on any atom is -0.497 e. The van der Waals surface area contributed by atoms with Crippen molar-refractivity contribution in [3.63, 3.8) is 0 Å². The minimum atomic E-state index is -0.288. The zero-order valence-corrected chi connectivity index (χ0v) is 20.0. The van der Waals surface area contributed by atoms with E-state index in [9.17, 15) is 9.59 Å². The first kappa shape index (κ1) is 22.8. The third-order valence-electron chi connectivity index (χ3n) is 6.67. The van der Waals surface area contributed by atoms with E-state index in [0.717, 1.165) is 29.8 Å². The molecule has 3 amide bonds. The first-order chi connectivity index (χ1) is 17.1. The Morgan fingerprint density at radius 2 is 1.83 bits per heavy atom. The summed E-state index contributed by atoms with van der Waals surface area (Å²) in [6.07, 6.45) is 3.84. The highest BCUT2D eigenvalue weighted by atomic mass is 16.5. The van der Waals surface area contributed by atoms with Gasteiger partial charge in [-0.2, -0.15) is 0 Å². The van der Waals surface area contributed by atoms with Gasteiger partial charge in [-0.1, -0.05) is 24.3 Å². The Morgan fingerprint density at radius 1 is 1.00 bits per heavy atom. The Labute approximate surface area is 205 Å². The summed E-state index contributed by atoms with van der Waals surface area (Å²) in [5.41, 5.74) is 2.62. The van der Waals surface area contributed by atoms with E-state index in [1.54, 1.807) is 31.3 Å². The van der Waals surface area contributed by atoms with Crippen LogP contribution in [0.4, 0.5) is 10.5 Å². The minimum absolute atomic E-state index is 0.0207. The smallest absolute Gasteiger partial charge is 0.322 e. The average molecular weight is 475 g/mol. The topological polar surface area (TPSA) is 76.0 Å². The van der Waals surface area contributed by atoms with Crippen LogP contribution in [-0.4, -0.2) is 59.7 Å². The van der Waals surface area contributed by atoms with Crippen molar-refractivity contribution in [2.24, 2.45) is 0 Å². The van der Waals surface area contributed by atoms with Crippen molar-refractivity contribution in [2.75, 3.05) is 32.6 Å². The van der Waals surface area contributed by atoms with E-state index in [2.05, 4.69) is 16.0 Å². The molecule has 5 rings (SSSR count). The summed E-state index contributed by atoms with van der Waals surface area (Å²) in [6, 6.07) is 18.7. The number of rotatable bonds is 7. The Bertz CT molecular complexity index is 1220. The molecule has 1 atom stereocenters. The second kappa shape index (κ2) is 9.74. The van der Waals surface area contributed by atoms with Gasteiger partial charge >= 0.3 is 6.03 Å². The molecule has 0 bridgehead atoms. The van der Waals surface area contributed by atoms with Gasteiger partial charge in [0, 0.05) is 31.0 Å². The average Bonchev–Trinajstić information content (AvgIpc) is 3.62. The fourth-order valence-electron chi connectivity index (χ4n) is 4.74. The van der Waals surface area contributed by atoms with Crippen LogP contribution in [-0.2, 0) is 11.3 Å². The van der Waals surface area contributed by atoms with Crippen LogP contribution in [0.2, 0.25) is 0 Å². The van der Waals surface area contributed by atoms with Gasteiger partial charge in [-0.05, 0) is 54.8 Å². The molecule has 182 valence electrons. The number of aromatic nitrogens is 1. The van der Waals surface area contributed by atoms with Crippen LogP contribution in [0, 0.1) is 0 Å². The van der Waals surface area contributed by atoms with Crippen LogP contribution in [0.15, 0.2) is 66.9 Å². The fraction of sp³-hybridized carbons (Fsp3) is 0.333. The number of ether oxygens (including phenoxy) is 2. The lowest BCUT2D eigenvalue weighted by molar-refractivity contribution is -0.134. The molecule has 8 heteroatoms. The largest absolute Gasteiger partial charge is 0.497 e. The van der Waals surface area contributed by atoms with Crippen LogP contribution < -0.4 is 14.8 Å². The number of hydrogen-bond donors (Lipinski definition) is 1. The Morgan fingerprint density at radius 3 is 2.60 bits per heavy atom. The van der Waals surface area contributed by atoms with Gasteiger partial charge in [-0.3, -0.25) is 4.79 Å². The molecular formula is C27H30N4O4. The highest BCUT2D eigenvalue weighted by Crippen LogP contribution is 2.35. The number of para-hydroxylation sites is 2. The lowest BCUT2D eigenvalue weighted by Crippen LogP contribution is -2.49. The number of methoxy groups -OCH3 is 2. The summed E-state index contributed by atoms with van der Waals surface area (Å²) >= 11 is 0. The summed E-state index contributed by atoms with van der Waals surface area (Å²) in [6.45, 7) is 1.30. The molecular weight excluding hydrogens is 444 g/mol. The summed E-state index contributed by atoms with van der Waals surface area (Å²) in [7, 11) is 3.21. The molecule has 0 spiro atoms. The lowest BCUT2D eigenvalue weighted by atomic mass is 9.99. The predicted octanol–water partition coefficient (Wildman–Crippen LogP) is 4.13. The number of amides is 3. The van der Waals surface area contributed by atoms with Gasteiger partial charge in [-0.15, -0.1) is 0 Å². The van der Waals surface area contributed by atoms with Crippen LogP contribution in [0.25, 0.3) is 0 Å². The summed E-state index contributed by atoms with van der Waals surface area (Å²) in [5, 5.41) is 2.93. The van der Waals surface area contributed by atoms with E-state index < -0.39 is 0 Å². The van der Waals surface area contributed by atoms with Crippen molar-refractivity contribution >= 4 is 17.6 Å². The van der Waals surface area contributed by atoms with Gasteiger partial charge in [-0.25, -0.2) is 4.79 Å². The van der Waals surface area contributed by atoms with E-state index in [1.165, 1.54) is 0 Å². The van der Waals surface area contributed by atoms with Crippen LogP contribution in [0.1, 0.15) is 30.1 Å². The molecule has 0 saturated heterocycles. The molecule has 2 aromatic carbocycles. The monoisotopic (exact) mass is 474 g/mol. The fourth-order valence-corrected chi connectivity index (χ4v) is 4.74. The predicted molar refractivity (Wildman–Crippen MR) is 133 cm³/mol. The molecule has 1 N–H and O–H groups in total. The molecule has 1 saturated carbocycles. The SMILES string of the molecule is COc1cccc(C2c3cccn3CCN2C(=O)CN(C(=O)Nc2ccccc2OC)C2CC2)c1. The Kier molecular flexibility index (Phi) is 6.35.